The normalized spacial score (nSPS) is 10.9. The predicted octanol–water partition coefficient (Wildman–Crippen LogP) is 2.80. The van der Waals surface area contributed by atoms with E-state index in [1.165, 1.54) is 14.2 Å². The SMILES string of the molecule is CO/N=C(/Oc1ccccc1OC)c1ccccc1CC(=O)OC. The number of hydrogen-bond donors (Lipinski definition) is 0. The van der Waals surface area contributed by atoms with Crippen LogP contribution < -0.4 is 9.47 Å². The van der Waals surface area contributed by atoms with Crippen LogP contribution in [0, 0.1) is 0 Å². The highest BCUT2D eigenvalue weighted by Gasteiger charge is 2.17. The third kappa shape index (κ3) is 4.25. The first kappa shape index (κ1) is 17.3. The van der Waals surface area contributed by atoms with Crippen LogP contribution in [0.5, 0.6) is 11.5 Å². The van der Waals surface area contributed by atoms with Crippen LogP contribution >= 0.6 is 0 Å². The Morgan fingerprint density at radius 3 is 2.29 bits per heavy atom. The lowest BCUT2D eigenvalue weighted by Gasteiger charge is -2.14. The Labute approximate surface area is 140 Å². The van der Waals surface area contributed by atoms with Gasteiger partial charge in [-0.15, -0.1) is 0 Å². The van der Waals surface area contributed by atoms with Crippen molar-refractivity contribution in [3.8, 4) is 11.5 Å². The second kappa shape index (κ2) is 8.57. The Balaban J connectivity index is 2.38. The molecule has 0 unspecified atom stereocenters. The first-order valence-electron chi connectivity index (χ1n) is 7.26. The molecular formula is C18H19NO5. The zero-order valence-electron chi connectivity index (χ0n) is 13.8. The van der Waals surface area contributed by atoms with E-state index in [4.69, 9.17) is 19.0 Å². The minimum absolute atomic E-state index is 0.102. The first-order chi connectivity index (χ1) is 11.7. The highest BCUT2D eigenvalue weighted by Crippen LogP contribution is 2.27. The van der Waals surface area contributed by atoms with Crippen LogP contribution in [0.2, 0.25) is 0 Å². The second-order valence-corrected chi connectivity index (χ2v) is 4.74. The molecule has 6 nitrogen and oxygen atoms in total. The van der Waals surface area contributed by atoms with Crippen molar-refractivity contribution < 1.29 is 23.8 Å². The molecule has 0 saturated heterocycles. The number of para-hydroxylation sites is 2. The van der Waals surface area contributed by atoms with Crippen molar-refractivity contribution in [2.24, 2.45) is 5.16 Å². The summed E-state index contributed by atoms with van der Waals surface area (Å²) in [4.78, 5) is 16.5. The van der Waals surface area contributed by atoms with Crippen molar-refractivity contribution in [1.29, 1.82) is 0 Å². The van der Waals surface area contributed by atoms with Gasteiger partial charge >= 0.3 is 5.97 Å². The fourth-order valence-electron chi connectivity index (χ4n) is 2.12. The minimum atomic E-state index is -0.350. The van der Waals surface area contributed by atoms with E-state index in [1.54, 1.807) is 25.3 Å². The second-order valence-electron chi connectivity index (χ2n) is 4.74. The number of rotatable bonds is 6. The van der Waals surface area contributed by atoms with Crippen LogP contribution in [-0.4, -0.2) is 33.2 Å². The molecule has 0 bridgehead atoms. The summed E-state index contributed by atoms with van der Waals surface area (Å²) in [5.41, 5.74) is 1.35. The lowest BCUT2D eigenvalue weighted by molar-refractivity contribution is -0.139. The molecule has 2 aromatic carbocycles. The van der Waals surface area contributed by atoms with E-state index in [2.05, 4.69) is 5.16 Å². The number of hydrogen-bond acceptors (Lipinski definition) is 6. The van der Waals surface area contributed by atoms with E-state index < -0.39 is 0 Å². The Kier molecular flexibility index (Phi) is 6.19. The van der Waals surface area contributed by atoms with Gasteiger partial charge in [0, 0.05) is 5.56 Å². The molecule has 0 radical (unpaired) electrons. The molecule has 2 rings (SSSR count). The molecule has 6 heteroatoms. The van der Waals surface area contributed by atoms with E-state index in [0.29, 0.717) is 17.1 Å². The molecule has 2 aromatic rings. The molecule has 0 atom stereocenters. The average Bonchev–Trinajstić information content (AvgIpc) is 2.62. The Morgan fingerprint density at radius 1 is 0.958 bits per heavy atom. The maximum absolute atomic E-state index is 11.6. The maximum Gasteiger partial charge on any atom is 0.310 e. The molecule has 126 valence electrons. The Hall–Kier alpha value is -3.02. The van der Waals surface area contributed by atoms with Gasteiger partial charge in [-0.25, -0.2) is 0 Å². The van der Waals surface area contributed by atoms with Gasteiger partial charge < -0.3 is 19.0 Å². The summed E-state index contributed by atoms with van der Waals surface area (Å²) < 4.78 is 15.9. The molecule has 0 aliphatic heterocycles. The summed E-state index contributed by atoms with van der Waals surface area (Å²) in [6, 6.07) is 14.5. The molecule has 0 aliphatic rings. The predicted molar refractivity (Wildman–Crippen MR) is 89.3 cm³/mol. The lowest BCUT2D eigenvalue weighted by atomic mass is 10.0. The molecule has 0 saturated carbocycles. The smallest absolute Gasteiger partial charge is 0.310 e. The number of nitrogens with zero attached hydrogens (tertiary/aromatic N) is 1. The third-order valence-electron chi connectivity index (χ3n) is 3.26. The van der Waals surface area contributed by atoms with Gasteiger partial charge in [-0.3, -0.25) is 4.79 Å². The molecule has 0 amide bonds. The van der Waals surface area contributed by atoms with Crippen molar-refractivity contribution in [3.05, 3.63) is 59.7 Å². The molecule has 0 N–H and O–H groups in total. The van der Waals surface area contributed by atoms with Gasteiger partial charge in [-0.05, 0) is 28.9 Å². The summed E-state index contributed by atoms with van der Waals surface area (Å²) >= 11 is 0. The molecule has 0 spiro atoms. The Bertz CT molecular complexity index is 727. The van der Waals surface area contributed by atoms with Crippen LogP contribution in [0.1, 0.15) is 11.1 Å². The van der Waals surface area contributed by atoms with E-state index in [1.807, 2.05) is 30.3 Å². The van der Waals surface area contributed by atoms with Crippen molar-refractivity contribution in [2.45, 2.75) is 6.42 Å². The van der Waals surface area contributed by atoms with Gasteiger partial charge in [0.25, 0.3) is 5.90 Å². The number of carbonyl (C=O) groups is 1. The molecule has 0 aliphatic carbocycles. The van der Waals surface area contributed by atoms with Crippen LogP contribution in [0.15, 0.2) is 53.7 Å². The molecule has 24 heavy (non-hydrogen) atoms. The van der Waals surface area contributed by atoms with Crippen molar-refractivity contribution >= 4 is 11.9 Å². The summed E-state index contributed by atoms with van der Waals surface area (Å²) in [6.45, 7) is 0. The third-order valence-corrected chi connectivity index (χ3v) is 3.26. The van der Waals surface area contributed by atoms with Crippen LogP contribution in [0.25, 0.3) is 0 Å². The van der Waals surface area contributed by atoms with E-state index in [0.717, 1.165) is 5.56 Å². The summed E-state index contributed by atoms with van der Waals surface area (Å²) in [5.74, 6) is 0.924. The quantitative estimate of drug-likeness (QED) is 0.353. The molecular weight excluding hydrogens is 310 g/mol. The van der Waals surface area contributed by atoms with Gasteiger partial charge in [0.05, 0.1) is 20.6 Å². The van der Waals surface area contributed by atoms with Crippen molar-refractivity contribution in [2.75, 3.05) is 21.3 Å². The van der Waals surface area contributed by atoms with Gasteiger partial charge in [0.2, 0.25) is 0 Å². The largest absolute Gasteiger partial charge is 0.493 e. The van der Waals surface area contributed by atoms with E-state index in [9.17, 15) is 4.79 Å². The standard InChI is InChI=1S/C18H19NO5/c1-21-15-10-6-7-11-16(15)24-18(19-23-3)14-9-5-4-8-13(14)12-17(20)22-2/h4-11H,12H2,1-3H3/b19-18+. The fraction of sp³-hybridized carbons (Fsp3) is 0.222. The zero-order chi connectivity index (χ0) is 17.4. The number of ether oxygens (including phenoxy) is 3. The summed E-state index contributed by atoms with van der Waals surface area (Å²) in [6.07, 6.45) is 0.102. The molecule has 0 heterocycles. The van der Waals surface area contributed by atoms with Crippen LogP contribution in [-0.2, 0) is 20.8 Å². The summed E-state index contributed by atoms with van der Waals surface area (Å²) in [7, 11) is 4.33. The maximum atomic E-state index is 11.6. The molecule has 0 aromatic heterocycles. The van der Waals surface area contributed by atoms with Gasteiger partial charge in [0.1, 0.15) is 7.11 Å². The minimum Gasteiger partial charge on any atom is -0.493 e. The van der Waals surface area contributed by atoms with Gasteiger partial charge in [-0.1, -0.05) is 30.3 Å². The molecule has 0 fully saturated rings. The number of carbonyl (C=O) groups excluding carboxylic acids is 1. The zero-order valence-corrected chi connectivity index (χ0v) is 13.8. The number of benzene rings is 2. The lowest BCUT2D eigenvalue weighted by Crippen LogP contribution is -2.16. The topological polar surface area (TPSA) is 66.3 Å². The number of oxime groups is 1. The van der Waals surface area contributed by atoms with Crippen molar-refractivity contribution in [3.63, 3.8) is 0 Å². The average molecular weight is 329 g/mol. The Morgan fingerprint density at radius 2 is 1.62 bits per heavy atom. The summed E-state index contributed by atoms with van der Waals surface area (Å²) in [5, 5.41) is 3.95. The first-order valence-corrected chi connectivity index (χ1v) is 7.26. The van der Waals surface area contributed by atoms with Gasteiger partial charge in [0.15, 0.2) is 11.5 Å². The van der Waals surface area contributed by atoms with E-state index >= 15 is 0 Å². The van der Waals surface area contributed by atoms with Crippen LogP contribution in [0.3, 0.4) is 0 Å². The monoisotopic (exact) mass is 329 g/mol. The van der Waals surface area contributed by atoms with Crippen LogP contribution in [0.4, 0.5) is 0 Å². The number of methoxy groups -OCH3 is 2. The highest BCUT2D eigenvalue weighted by molar-refractivity contribution is 5.97. The highest BCUT2D eigenvalue weighted by atomic mass is 16.6. The fourth-order valence-corrected chi connectivity index (χ4v) is 2.12. The number of esters is 1. The van der Waals surface area contributed by atoms with Gasteiger partial charge in [-0.2, -0.15) is 0 Å². The van der Waals surface area contributed by atoms with Crippen molar-refractivity contribution in [1.82, 2.24) is 0 Å². The van der Waals surface area contributed by atoms with E-state index in [-0.39, 0.29) is 18.3 Å².